The first-order valence-electron chi connectivity index (χ1n) is 10.9. The number of hydrogen-bond acceptors (Lipinski definition) is 3. The summed E-state index contributed by atoms with van der Waals surface area (Å²) in [6, 6.07) is 18.3. The van der Waals surface area contributed by atoms with Crippen LogP contribution in [-0.4, -0.2) is 58.0 Å². The van der Waals surface area contributed by atoms with Crippen molar-refractivity contribution >= 4 is 12.0 Å². The van der Waals surface area contributed by atoms with Crippen LogP contribution in [0.2, 0.25) is 0 Å². The molecule has 0 bridgehead atoms. The molecule has 3 aromatic rings. The molecule has 160 valence electrons. The van der Waals surface area contributed by atoms with Crippen LogP contribution in [0.3, 0.4) is 0 Å². The Kier molecular flexibility index (Phi) is 6.63. The summed E-state index contributed by atoms with van der Waals surface area (Å²) in [4.78, 5) is 22.0. The summed E-state index contributed by atoms with van der Waals surface area (Å²) < 4.78 is 2.18. The van der Waals surface area contributed by atoms with E-state index in [0.29, 0.717) is 6.54 Å². The van der Waals surface area contributed by atoms with Crippen LogP contribution in [0, 0.1) is 13.8 Å². The second-order valence-corrected chi connectivity index (χ2v) is 8.10. The molecule has 1 aliphatic heterocycles. The minimum Gasteiger partial charge on any atom is -0.342 e. The van der Waals surface area contributed by atoms with Crippen molar-refractivity contribution in [1.29, 1.82) is 0 Å². The highest BCUT2D eigenvalue weighted by Gasteiger charge is 2.24. The molecule has 0 aliphatic carbocycles. The summed E-state index contributed by atoms with van der Waals surface area (Å²) in [7, 11) is 0. The highest BCUT2D eigenvalue weighted by atomic mass is 16.2. The fourth-order valence-electron chi connectivity index (χ4n) is 4.12. The topological polar surface area (TPSA) is 41.4 Å². The van der Waals surface area contributed by atoms with Gasteiger partial charge in [0.1, 0.15) is 0 Å². The van der Waals surface area contributed by atoms with E-state index in [1.54, 1.807) is 0 Å². The molecule has 0 radical (unpaired) electrons. The van der Waals surface area contributed by atoms with Crippen molar-refractivity contribution in [2.75, 3.05) is 32.7 Å². The van der Waals surface area contributed by atoms with Crippen LogP contribution < -0.4 is 0 Å². The van der Waals surface area contributed by atoms with Crippen LogP contribution >= 0.6 is 0 Å². The molecule has 3 heterocycles. The number of carbonyl (C=O) groups excluding carboxylic acids is 1. The summed E-state index contributed by atoms with van der Waals surface area (Å²) in [6.45, 7) is 9.03. The number of piperazine rings is 1. The van der Waals surface area contributed by atoms with Gasteiger partial charge >= 0.3 is 0 Å². The SMILES string of the molecule is Cc1cc(C(=O)N2CCN(C/C=C/c3ccccc3)CC2)c(C)n1Cc1ccccn1. The van der Waals surface area contributed by atoms with Gasteiger partial charge in [0.2, 0.25) is 0 Å². The van der Waals surface area contributed by atoms with Gasteiger partial charge in [-0.25, -0.2) is 0 Å². The average molecular weight is 415 g/mol. The first-order valence-corrected chi connectivity index (χ1v) is 10.9. The maximum Gasteiger partial charge on any atom is 0.255 e. The van der Waals surface area contributed by atoms with Gasteiger partial charge in [0, 0.05) is 50.3 Å². The highest BCUT2D eigenvalue weighted by molar-refractivity contribution is 5.95. The smallest absolute Gasteiger partial charge is 0.255 e. The quantitative estimate of drug-likeness (QED) is 0.612. The van der Waals surface area contributed by atoms with Crippen LogP contribution in [0.5, 0.6) is 0 Å². The van der Waals surface area contributed by atoms with Gasteiger partial charge in [-0.3, -0.25) is 14.7 Å². The van der Waals surface area contributed by atoms with Gasteiger partial charge in [0.15, 0.2) is 0 Å². The van der Waals surface area contributed by atoms with Crippen LogP contribution in [0.15, 0.2) is 66.9 Å². The number of benzene rings is 1. The monoisotopic (exact) mass is 414 g/mol. The lowest BCUT2D eigenvalue weighted by atomic mass is 10.2. The van der Waals surface area contributed by atoms with Crippen LogP contribution in [0.1, 0.15) is 33.0 Å². The first kappa shape index (κ1) is 21.1. The van der Waals surface area contributed by atoms with E-state index in [1.165, 1.54) is 5.56 Å². The Balaban J connectivity index is 1.34. The van der Waals surface area contributed by atoms with Crippen molar-refractivity contribution in [2.24, 2.45) is 0 Å². The Morgan fingerprint density at radius 2 is 1.74 bits per heavy atom. The van der Waals surface area contributed by atoms with E-state index in [9.17, 15) is 4.79 Å². The van der Waals surface area contributed by atoms with Crippen LogP contribution in [-0.2, 0) is 6.54 Å². The van der Waals surface area contributed by atoms with Gasteiger partial charge in [0.05, 0.1) is 17.8 Å². The molecule has 1 aromatic carbocycles. The molecule has 1 saturated heterocycles. The molecule has 0 atom stereocenters. The fourth-order valence-corrected chi connectivity index (χ4v) is 4.12. The Morgan fingerprint density at radius 1 is 1.00 bits per heavy atom. The van der Waals surface area contributed by atoms with E-state index in [2.05, 4.69) is 57.8 Å². The van der Waals surface area contributed by atoms with E-state index in [-0.39, 0.29) is 5.91 Å². The number of pyridine rings is 1. The number of hydrogen-bond donors (Lipinski definition) is 0. The molecular formula is C26H30N4O. The summed E-state index contributed by atoms with van der Waals surface area (Å²) in [5, 5.41) is 0. The zero-order valence-electron chi connectivity index (χ0n) is 18.4. The van der Waals surface area contributed by atoms with E-state index < -0.39 is 0 Å². The molecule has 1 fully saturated rings. The van der Waals surface area contributed by atoms with Crippen molar-refractivity contribution in [3.8, 4) is 0 Å². The lowest BCUT2D eigenvalue weighted by Crippen LogP contribution is -2.48. The molecule has 2 aromatic heterocycles. The Bertz CT molecular complexity index is 1030. The van der Waals surface area contributed by atoms with Gasteiger partial charge in [-0.2, -0.15) is 0 Å². The number of rotatable bonds is 6. The third-order valence-corrected chi connectivity index (χ3v) is 5.98. The number of carbonyl (C=O) groups is 1. The Morgan fingerprint density at radius 3 is 2.45 bits per heavy atom. The zero-order chi connectivity index (χ0) is 21.6. The van der Waals surface area contributed by atoms with Gasteiger partial charge in [-0.1, -0.05) is 48.6 Å². The molecule has 4 rings (SSSR count). The summed E-state index contributed by atoms with van der Waals surface area (Å²) in [5.74, 6) is 0.139. The van der Waals surface area contributed by atoms with Crippen molar-refractivity contribution in [2.45, 2.75) is 20.4 Å². The predicted molar refractivity (Wildman–Crippen MR) is 125 cm³/mol. The second-order valence-electron chi connectivity index (χ2n) is 8.10. The maximum atomic E-state index is 13.2. The molecule has 1 amide bonds. The van der Waals surface area contributed by atoms with Crippen molar-refractivity contribution in [1.82, 2.24) is 19.4 Å². The molecule has 5 nitrogen and oxygen atoms in total. The zero-order valence-corrected chi connectivity index (χ0v) is 18.4. The number of aryl methyl sites for hydroxylation is 1. The molecule has 0 spiro atoms. The minimum absolute atomic E-state index is 0.139. The molecule has 5 heteroatoms. The third-order valence-electron chi connectivity index (χ3n) is 5.98. The predicted octanol–water partition coefficient (Wildman–Crippen LogP) is 4.02. The van der Waals surface area contributed by atoms with Gasteiger partial charge < -0.3 is 9.47 Å². The van der Waals surface area contributed by atoms with E-state index >= 15 is 0 Å². The van der Waals surface area contributed by atoms with E-state index in [1.807, 2.05) is 48.4 Å². The van der Waals surface area contributed by atoms with Gasteiger partial charge in [-0.15, -0.1) is 0 Å². The molecule has 1 aliphatic rings. The Hall–Kier alpha value is -3.18. The van der Waals surface area contributed by atoms with Crippen LogP contribution in [0.25, 0.3) is 6.08 Å². The standard InChI is InChI=1S/C26H30N4O/c1-21-19-25(22(2)30(21)20-24-12-6-7-13-27-24)26(31)29-17-15-28(16-18-29)14-8-11-23-9-4-3-5-10-23/h3-13,19H,14-18,20H2,1-2H3/b11-8+. The van der Waals surface area contributed by atoms with E-state index in [0.717, 1.165) is 55.4 Å². The molecular weight excluding hydrogens is 384 g/mol. The summed E-state index contributed by atoms with van der Waals surface area (Å²) in [6.07, 6.45) is 6.18. The normalized spacial score (nSPS) is 15.0. The summed E-state index contributed by atoms with van der Waals surface area (Å²) >= 11 is 0. The van der Waals surface area contributed by atoms with Crippen molar-refractivity contribution in [3.05, 3.63) is 95.1 Å². The fraction of sp³-hybridized carbons (Fsp3) is 0.308. The number of nitrogens with zero attached hydrogens (tertiary/aromatic N) is 4. The number of aromatic nitrogens is 2. The van der Waals surface area contributed by atoms with Crippen molar-refractivity contribution in [3.63, 3.8) is 0 Å². The van der Waals surface area contributed by atoms with Crippen molar-refractivity contribution < 1.29 is 4.79 Å². The average Bonchev–Trinajstić information content (AvgIpc) is 3.09. The largest absolute Gasteiger partial charge is 0.342 e. The maximum absolute atomic E-state index is 13.2. The van der Waals surface area contributed by atoms with Crippen LogP contribution in [0.4, 0.5) is 0 Å². The Labute approximate surface area is 184 Å². The summed E-state index contributed by atoms with van der Waals surface area (Å²) in [5.41, 5.74) is 5.14. The molecule has 0 unspecified atom stereocenters. The van der Waals surface area contributed by atoms with Gasteiger partial charge in [-0.05, 0) is 37.6 Å². The van der Waals surface area contributed by atoms with Gasteiger partial charge in [0.25, 0.3) is 5.91 Å². The lowest BCUT2D eigenvalue weighted by Gasteiger charge is -2.34. The molecule has 0 saturated carbocycles. The molecule has 0 N–H and O–H groups in total. The first-order chi connectivity index (χ1) is 15.1. The van der Waals surface area contributed by atoms with E-state index in [4.69, 9.17) is 0 Å². The highest BCUT2D eigenvalue weighted by Crippen LogP contribution is 2.19. The minimum atomic E-state index is 0.139. The third kappa shape index (κ3) is 5.12. The lowest BCUT2D eigenvalue weighted by molar-refractivity contribution is 0.0649. The number of amides is 1. The molecule has 31 heavy (non-hydrogen) atoms. The second kappa shape index (κ2) is 9.75.